The van der Waals surface area contributed by atoms with E-state index in [4.69, 9.17) is 4.42 Å². The Balaban J connectivity index is 2.07. The molecule has 0 atom stereocenters. The number of aryl methyl sites for hydroxylation is 1. The molecule has 2 rings (SSSR count). The van der Waals surface area contributed by atoms with Crippen molar-refractivity contribution in [3.8, 4) is 0 Å². The highest BCUT2D eigenvalue weighted by molar-refractivity contribution is 6.03. The van der Waals surface area contributed by atoms with Crippen LogP contribution in [-0.4, -0.2) is 16.1 Å². The molecule has 2 aromatic heterocycles. The molecular formula is C12H15N3O2. The standard InChI is InChI=1S/C12H15N3O2/c1-7(2)10-5-11(15-14-10)13-12(16)9-4-8(3)17-6-9/h4-7H,1-3H3,(H2,13,14,15,16). The first-order valence-corrected chi connectivity index (χ1v) is 5.48. The molecule has 5 heteroatoms. The maximum atomic E-state index is 11.8. The van der Waals surface area contributed by atoms with Gasteiger partial charge in [0.15, 0.2) is 5.82 Å². The zero-order chi connectivity index (χ0) is 12.4. The number of aromatic nitrogens is 2. The largest absolute Gasteiger partial charge is 0.469 e. The Hall–Kier alpha value is -2.04. The number of H-pyrrole nitrogens is 1. The van der Waals surface area contributed by atoms with Gasteiger partial charge in [-0.05, 0) is 18.9 Å². The van der Waals surface area contributed by atoms with Crippen molar-refractivity contribution < 1.29 is 9.21 Å². The number of anilines is 1. The zero-order valence-corrected chi connectivity index (χ0v) is 10.1. The lowest BCUT2D eigenvalue weighted by atomic mass is 10.1. The van der Waals surface area contributed by atoms with E-state index in [9.17, 15) is 4.79 Å². The van der Waals surface area contributed by atoms with Gasteiger partial charge in [0, 0.05) is 11.8 Å². The molecule has 90 valence electrons. The summed E-state index contributed by atoms with van der Waals surface area (Å²) in [6, 6.07) is 3.51. The van der Waals surface area contributed by atoms with E-state index in [1.54, 1.807) is 13.0 Å². The third-order valence-corrected chi connectivity index (χ3v) is 2.45. The van der Waals surface area contributed by atoms with Crippen LogP contribution < -0.4 is 5.32 Å². The highest BCUT2D eigenvalue weighted by Gasteiger charge is 2.11. The Morgan fingerprint density at radius 2 is 2.24 bits per heavy atom. The second-order valence-corrected chi connectivity index (χ2v) is 4.26. The monoisotopic (exact) mass is 233 g/mol. The molecule has 2 heterocycles. The summed E-state index contributed by atoms with van der Waals surface area (Å²) in [5, 5.41) is 9.61. The predicted octanol–water partition coefficient (Wildman–Crippen LogP) is 2.69. The second kappa shape index (κ2) is 4.45. The normalized spacial score (nSPS) is 10.8. The summed E-state index contributed by atoms with van der Waals surface area (Å²) in [6.07, 6.45) is 1.43. The Morgan fingerprint density at radius 3 is 2.76 bits per heavy atom. The maximum absolute atomic E-state index is 11.8. The van der Waals surface area contributed by atoms with E-state index >= 15 is 0 Å². The van der Waals surface area contributed by atoms with E-state index in [0.717, 1.165) is 5.69 Å². The van der Waals surface area contributed by atoms with Gasteiger partial charge >= 0.3 is 0 Å². The van der Waals surface area contributed by atoms with E-state index in [0.29, 0.717) is 23.1 Å². The quantitative estimate of drug-likeness (QED) is 0.856. The lowest BCUT2D eigenvalue weighted by Gasteiger charge is -1.98. The number of amides is 1. The topological polar surface area (TPSA) is 70.9 Å². The van der Waals surface area contributed by atoms with Gasteiger partial charge in [0.2, 0.25) is 0 Å². The molecule has 2 aromatic rings. The van der Waals surface area contributed by atoms with Gasteiger partial charge in [-0.3, -0.25) is 9.89 Å². The van der Waals surface area contributed by atoms with Gasteiger partial charge in [0.1, 0.15) is 12.0 Å². The molecule has 0 fully saturated rings. The van der Waals surface area contributed by atoms with E-state index in [2.05, 4.69) is 29.4 Å². The van der Waals surface area contributed by atoms with Crippen molar-refractivity contribution >= 4 is 11.7 Å². The van der Waals surface area contributed by atoms with Crippen molar-refractivity contribution in [3.63, 3.8) is 0 Å². The predicted molar refractivity (Wildman–Crippen MR) is 64.1 cm³/mol. The molecule has 0 unspecified atom stereocenters. The van der Waals surface area contributed by atoms with Crippen molar-refractivity contribution in [2.45, 2.75) is 26.7 Å². The number of aromatic amines is 1. The molecule has 0 aromatic carbocycles. The highest BCUT2D eigenvalue weighted by atomic mass is 16.3. The molecule has 5 nitrogen and oxygen atoms in total. The van der Waals surface area contributed by atoms with Crippen molar-refractivity contribution in [1.82, 2.24) is 10.2 Å². The average Bonchev–Trinajstić information content (AvgIpc) is 2.86. The molecule has 0 aliphatic rings. The van der Waals surface area contributed by atoms with Gasteiger partial charge in [-0.1, -0.05) is 13.8 Å². The first-order chi connectivity index (χ1) is 8.06. The molecule has 0 bridgehead atoms. The average molecular weight is 233 g/mol. The number of carbonyl (C=O) groups is 1. The molecule has 0 saturated heterocycles. The van der Waals surface area contributed by atoms with Gasteiger partial charge in [-0.15, -0.1) is 0 Å². The molecular weight excluding hydrogens is 218 g/mol. The fourth-order valence-corrected chi connectivity index (χ4v) is 1.45. The van der Waals surface area contributed by atoms with Gasteiger partial charge in [0.05, 0.1) is 5.56 Å². The minimum atomic E-state index is -0.219. The minimum absolute atomic E-state index is 0.219. The molecule has 0 aliphatic heterocycles. The first kappa shape index (κ1) is 11.4. The van der Waals surface area contributed by atoms with E-state index in [1.165, 1.54) is 6.26 Å². The lowest BCUT2D eigenvalue weighted by Crippen LogP contribution is -2.11. The SMILES string of the molecule is Cc1cc(C(=O)Nc2cc(C(C)C)[nH]n2)co1. The van der Waals surface area contributed by atoms with E-state index < -0.39 is 0 Å². The number of nitrogens with zero attached hydrogens (tertiary/aromatic N) is 1. The summed E-state index contributed by atoms with van der Waals surface area (Å²) in [7, 11) is 0. The van der Waals surface area contributed by atoms with Crippen LogP contribution in [0.15, 0.2) is 22.8 Å². The Kier molecular flexibility index (Phi) is 2.99. The summed E-state index contributed by atoms with van der Waals surface area (Å²) in [5.74, 6) is 1.37. The molecule has 0 saturated carbocycles. The fourth-order valence-electron chi connectivity index (χ4n) is 1.45. The molecule has 0 radical (unpaired) electrons. The van der Waals surface area contributed by atoms with Crippen molar-refractivity contribution in [2.75, 3.05) is 5.32 Å². The number of hydrogen-bond acceptors (Lipinski definition) is 3. The molecule has 1 amide bonds. The van der Waals surface area contributed by atoms with E-state index in [-0.39, 0.29) is 5.91 Å². The van der Waals surface area contributed by atoms with Crippen LogP contribution in [0.4, 0.5) is 5.82 Å². The molecule has 0 spiro atoms. The summed E-state index contributed by atoms with van der Waals surface area (Å²) < 4.78 is 5.08. The van der Waals surface area contributed by atoms with Crippen molar-refractivity contribution in [3.05, 3.63) is 35.4 Å². The summed E-state index contributed by atoms with van der Waals surface area (Å²) in [5.41, 5.74) is 1.49. The van der Waals surface area contributed by atoms with Crippen LogP contribution in [0, 0.1) is 6.92 Å². The van der Waals surface area contributed by atoms with Crippen LogP contribution in [-0.2, 0) is 0 Å². The summed E-state index contributed by atoms with van der Waals surface area (Å²) >= 11 is 0. The lowest BCUT2D eigenvalue weighted by molar-refractivity contribution is 0.102. The first-order valence-electron chi connectivity index (χ1n) is 5.48. The number of hydrogen-bond donors (Lipinski definition) is 2. The summed E-state index contributed by atoms with van der Waals surface area (Å²) in [6.45, 7) is 5.90. The van der Waals surface area contributed by atoms with Gasteiger partial charge in [0.25, 0.3) is 5.91 Å². The molecule has 17 heavy (non-hydrogen) atoms. The Labute approximate surface area is 99.2 Å². The van der Waals surface area contributed by atoms with Gasteiger partial charge < -0.3 is 9.73 Å². The Bertz CT molecular complexity index is 525. The van der Waals surface area contributed by atoms with Crippen molar-refractivity contribution in [1.29, 1.82) is 0 Å². The number of carbonyl (C=O) groups excluding carboxylic acids is 1. The van der Waals surface area contributed by atoms with Crippen LogP contribution in [0.2, 0.25) is 0 Å². The van der Waals surface area contributed by atoms with E-state index in [1.807, 2.05) is 6.07 Å². The zero-order valence-electron chi connectivity index (χ0n) is 10.1. The number of rotatable bonds is 3. The van der Waals surface area contributed by atoms with Crippen LogP contribution in [0.3, 0.4) is 0 Å². The fraction of sp³-hybridized carbons (Fsp3) is 0.333. The minimum Gasteiger partial charge on any atom is -0.469 e. The molecule has 2 N–H and O–H groups in total. The maximum Gasteiger partial charge on any atom is 0.260 e. The van der Waals surface area contributed by atoms with Gasteiger partial charge in [-0.25, -0.2) is 0 Å². The van der Waals surface area contributed by atoms with Crippen LogP contribution in [0.25, 0.3) is 0 Å². The van der Waals surface area contributed by atoms with Crippen molar-refractivity contribution in [2.24, 2.45) is 0 Å². The number of furan rings is 1. The third-order valence-electron chi connectivity index (χ3n) is 2.45. The molecule has 0 aliphatic carbocycles. The van der Waals surface area contributed by atoms with Crippen LogP contribution in [0.5, 0.6) is 0 Å². The van der Waals surface area contributed by atoms with Gasteiger partial charge in [-0.2, -0.15) is 5.10 Å². The smallest absolute Gasteiger partial charge is 0.260 e. The third kappa shape index (κ3) is 2.55. The number of nitrogens with one attached hydrogen (secondary N) is 2. The highest BCUT2D eigenvalue weighted by Crippen LogP contribution is 2.16. The Morgan fingerprint density at radius 1 is 1.47 bits per heavy atom. The second-order valence-electron chi connectivity index (χ2n) is 4.26. The van der Waals surface area contributed by atoms with Crippen LogP contribution in [0.1, 0.15) is 41.6 Å². The summed E-state index contributed by atoms with van der Waals surface area (Å²) in [4.78, 5) is 11.8. The van der Waals surface area contributed by atoms with Crippen LogP contribution >= 0.6 is 0 Å².